The van der Waals surface area contributed by atoms with Crippen LogP contribution in [0, 0.1) is 13.8 Å². The van der Waals surface area contributed by atoms with Crippen molar-refractivity contribution in [2.24, 2.45) is 0 Å². The molecule has 0 bridgehead atoms. The van der Waals surface area contributed by atoms with Gasteiger partial charge in [0.2, 0.25) is 11.7 Å². The number of aromatic nitrogens is 2. The summed E-state index contributed by atoms with van der Waals surface area (Å²) in [6.45, 7) is 4.59. The fraction of sp³-hybridized carbons (Fsp3) is 0.286. The summed E-state index contributed by atoms with van der Waals surface area (Å²) in [4.78, 5) is 19.1. The maximum atomic E-state index is 12.8. The number of carbonyl (C=O) groups excluding carboxylic acids is 1. The van der Waals surface area contributed by atoms with E-state index < -0.39 is 0 Å². The lowest BCUT2D eigenvalue weighted by molar-refractivity contribution is 0.193. The van der Waals surface area contributed by atoms with Gasteiger partial charge in [-0.25, -0.2) is 4.79 Å². The molecule has 0 aliphatic carbocycles. The third-order valence-electron chi connectivity index (χ3n) is 4.97. The molecule has 1 atom stereocenters. The molecule has 2 heterocycles. The number of hydrogen-bond acceptors (Lipinski definition) is 4. The van der Waals surface area contributed by atoms with Crippen molar-refractivity contribution < 1.29 is 9.32 Å². The standard InChI is InChI=1S/C21H21ClN4O2/c1-13-5-8-15(9-6-13)19-24-20(28-25-19)18-4-3-11-26(18)21(27)23-16-10-7-14(2)17(22)12-16/h5-10,12,18H,3-4,11H2,1-2H3,(H,23,27). The van der Waals surface area contributed by atoms with E-state index in [1.807, 2.05) is 50.2 Å². The smallest absolute Gasteiger partial charge is 0.322 e. The predicted octanol–water partition coefficient (Wildman–Crippen LogP) is 5.38. The summed E-state index contributed by atoms with van der Waals surface area (Å²) >= 11 is 6.15. The predicted molar refractivity (Wildman–Crippen MR) is 108 cm³/mol. The number of hydrogen-bond donors (Lipinski definition) is 1. The van der Waals surface area contributed by atoms with Gasteiger partial charge >= 0.3 is 6.03 Å². The Hall–Kier alpha value is -2.86. The molecule has 28 heavy (non-hydrogen) atoms. The van der Waals surface area contributed by atoms with Crippen molar-refractivity contribution in [1.29, 1.82) is 0 Å². The van der Waals surface area contributed by atoms with Crippen LogP contribution in [-0.2, 0) is 0 Å². The molecule has 1 saturated heterocycles. The number of rotatable bonds is 3. The number of nitrogens with zero attached hydrogens (tertiary/aromatic N) is 3. The number of urea groups is 1. The molecule has 2 amide bonds. The van der Waals surface area contributed by atoms with Gasteiger partial charge in [0, 0.05) is 22.8 Å². The highest BCUT2D eigenvalue weighted by Gasteiger charge is 2.34. The number of carbonyl (C=O) groups is 1. The summed E-state index contributed by atoms with van der Waals surface area (Å²) in [5, 5.41) is 7.63. The SMILES string of the molecule is Cc1ccc(-c2noc(C3CCCN3C(=O)Nc3ccc(C)c(Cl)c3)n2)cc1. The maximum absolute atomic E-state index is 12.8. The van der Waals surface area contributed by atoms with E-state index in [-0.39, 0.29) is 12.1 Å². The fourth-order valence-corrected chi connectivity index (χ4v) is 3.50. The number of anilines is 1. The quantitative estimate of drug-likeness (QED) is 0.645. The topological polar surface area (TPSA) is 71.3 Å². The van der Waals surface area contributed by atoms with Gasteiger partial charge in [-0.3, -0.25) is 0 Å². The van der Waals surface area contributed by atoms with E-state index in [0.29, 0.717) is 29.0 Å². The van der Waals surface area contributed by atoms with E-state index >= 15 is 0 Å². The van der Waals surface area contributed by atoms with Gasteiger partial charge in [-0.15, -0.1) is 0 Å². The molecule has 6 nitrogen and oxygen atoms in total. The summed E-state index contributed by atoms with van der Waals surface area (Å²) in [5.74, 6) is 0.998. The fourth-order valence-electron chi connectivity index (χ4n) is 3.32. The summed E-state index contributed by atoms with van der Waals surface area (Å²) in [6, 6.07) is 13.0. The molecule has 1 aliphatic rings. The summed E-state index contributed by atoms with van der Waals surface area (Å²) in [7, 11) is 0. The van der Waals surface area contributed by atoms with Crippen LogP contribution in [0.25, 0.3) is 11.4 Å². The molecule has 144 valence electrons. The number of amides is 2. The average molecular weight is 397 g/mol. The summed E-state index contributed by atoms with van der Waals surface area (Å²) in [5.41, 5.74) is 3.69. The number of nitrogens with one attached hydrogen (secondary N) is 1. The Morgan fingerprint density at radius 3 is 2.75 bits per heavy atom. The van der Waals surface area contributed by atoms with Crippen LogP contribution >= 0.6 is 11.6 Å². The molecule has 1 aliphatic heterocycles. The molecule has 3 aromatic rings. The van der Waals surface area contributed by atoms with Gasteiger partial charge in [0.25, 0.3) is 0 Å². The molecule has 0 saturated carbocycles. The first kappa shape index (κ1) is 18.5. The zero-order valence-electron chi connectivity index (χ0n) is 15.8. The Morgan fingerprint density at radius 1 is 1.21 bits per heavy atom. The van der Waals surface area contributed by atoms with E-state index in [4.69, 9.17) is 16.1 Å². The molecule has 2 aromatic carbocycles. The molecule has 4 rings (SSSR count). The van der Waals surface area contributed by atoms with Crippen LogP contribution in [0.3, 0.4) is 0 Å². The van der Waals surface area contributed by atoms with Crippen LogP contribution in [0.4, 0.5) is 10.5 Å². The van der Waals surface area contributed by atoms with Gasteiger partial charge in [0.05, 0.1) is 0 Å². The third kappa shape index (κ3) is 3.73. The molecule has 7 heteroatoms. The lowest BCUT2D eigenvalue weighted by Crippen LogP contribution is -2.34. The van der Waals surface area contributed by atoms with Crippen molar-refractivity contribution in [3.05, 3.63) is 64.5 Å². The minimum Gasteiger partial charge on any atom is -0.337 e. The summed E-state index contributed by atoms with van der Waals surface area (Å²) in [6.07, 6.45) is 1.67. The van der Waals surface area contributed by atoms with Gasteiger partial charge in [-0.1, -0.05) is 52.7 Å². The first-order chi connectivity index (χ1) is 13.5. The molecule has 0 radical (unpaired) electrons. The number of aryl methyl sites for hydroxylation is 2. The number of likely N-dealkylation sites (tertiary alicyclic amines) is 1. The maximum Gasteiger partial charge on any atom is 0.322 e. The zero-order valence-corrected chi connectivity index (χ0v) is 16.5. The minimum atomic E-state index is -0.229. The average Bonchev–Trinajstić information content (AvgIpc) is 3.34. The van der Waals surface area contributed by atoms with Gasteiger partial charge in [0.1, 0.15) is 6.04 Å². The molecule has 1 unspecified atom stereocenters. The minimum absolute atomic E-state index is 0.197. The summed E-state index contributed by atoms with van der Waals surface area (Å²) < 4.78 is 5.49. The normalized spacial score (nSPS) is 16.4. The lowest BCUT2D eigenvalue weighted by Gasteiger charge is -2.22. The van der Waals surface area contributed by atoms with Crippen LogP contribution in [-0.4, -0.2) is 27.6 Å². The Bertz CT molecular complexity index is 1000. The van der Waals surface area contributed by atoms with E-state index in [1.54, 1.807) is 11.0 Å². The highest BCUT2D eigenvalue weighted by molar-refractivity contribution is 6.31. The van der Waals surface area contributed by atoms with Crippen molar-refractivity contribution in [2.75, 3.05) is 11.9 Å². The van der Waals surface area contributed by atoms with Gasteiger partial charge < -0.3 is 14.7 Å². The third-order valence-corrected chi connectivity index (χ3v) is 5.38. The van der Waals surface area contributed by atoms with Crippen LogP contribution < -0.4 is 5.32 Å². The first-order valence-electron chi connectivity index (χ1n) is 9.25. The zero-order chi connectivity index (χ0) is 19.7. The highest BCUT2D eigenvalue weighted by atomic mass is 35.5. The van der Waals surface area contributed by atoms with Crippen molar-refractivity contribution in [1.82, 2.24) is 15.0 Å². The number of halogens is 1. The van der Waals surface area contributed by atoms with E-state index in [9.17, 15) is 4.79 Å². The molecule has 1 fully saturated rings. The molecule has 1 N–H and O–H groups in total. The Kier molecular flexibility index (Phi) is 5.05. The van der Waals surface area contributed by atoms with Gasteiger partial charge in [-0.05, 0) is 44.4 Å². The largest absolute Gasteiger partial charge is 0.337 e. The molecular formula is C21H21ClN4O2. The van der Waals surface area contributed by atoms with Gasteiger partial charge in [-0.2, -0.15) is 4.98 Å². The second kappa shape index (κ2) is 7.64. The van der Waals surface area contributed by atoms with E-state index in [2.05, 4.69) is 15.5 Å². The monoisotopic (exact) mass is 396 g/mol. The van der Waals surface area contributed by atoms with Crippen molar-refractivity contribution >= 4 is 23.3 Å². The van der Waals surface area contributed by atoms with Crippen LogP contribution in [0.2, 0.25) is 5.02 Å². The van der Waals surface area contributed by atoms with E-state index in [1.165, 1.54) is 5.56 Å². The number of benzene rings is 2. The van der Waals surface area contributed by atoms with Crippen LogP contribution in [0.15, 0.2) is 47.0 Å². The molecular weight excluding hydrogens is 376 g/mol. The first-order valence-corrected chi connectivity index (χ1v) is 9.63. The second-order valence-electron chi connectivity index (χ2n) is 7.07. The van der Waals surface area contributed by atoms with Crippen LogP contribution in [0.1, 0.15) is 35.9 Å². The lowest BCUT2D eigenvalue weighted by atomic mass is 10.1. The Morgan fingerprint density at radius 2 is 2.00 bits per heavy atom. The van der Waals surface area contributed by atoms with Crippen molar-refractivity contribution in [2.45, 2.75) is 32.7 Å². The highest BCUT2D eigenvalue weighted by Crippen LogP contribution is 2.33. The van der Waals surface area contributed by atoms with Gasteiger partial charge in [0.15, 0.2) is 0 Å². The molecule has 1 aromatic heterocycles. The van der Waals surface area contributed by atoms with Crippen molar-refractivity contribution in [3.8, 4) is 11.4 Å². The van der Waals surface area contributed by atoms with Crippen molar-refractivity contribution in [3.63, 3.8) is 0 Å². The van der Waals surface area contributed by atoms with E-state index in [0.717, 1.165) is 24.0 Å². The molecule has 0 spiro atoms. The Labute approximate surface area is 168 Å². The Balaban J connectivity index is 1.51. The van der Waals surface area contributed by atoms with Crippen LogP contribution in [0.5, 0.6) is 0 Å². The second-order valence-corrected chi connectivity index (χ2v) is 7.47.